The van der Waals surface area contributed by atoms with E-state index in [1.54, 1.807) is 0 Å². The molecule has 0 spiro atoms. The number of hydrogen-bond acceptors (Lipinski definition) is 24. The summed E-state index contributed by atoms with van der Waals surface area (Å²) in [6.07, 6.45) is -0.520. The summed E-state index contributed by atoms with van der Waals surface area (Å²) in [6.45, 7) is 13.1. The number of aromatic nitrogens is 8. The molecule has 4 aromatic rings. The molecule has 8 rings (SSSR count). The van der Waals surface area contributed by atoms with Gasteiger partial charge in [-0.25, -0.2) is 19.9 Å². The molecule has 12 atom stereocenters. The fourth-order valence-corrected chi connectivity index (χ4v) is 9.43. The number of nitrogens with zero attached hydrogens (tertiary/aromatic N) is 8. The molecule has 4 heterocycles. The van der Waals surface area contributed by atoms with Crippen LogP contribution < -0.4 is 65.5 Å². The summed E-state index contributed by atoms with van der Waals surface area (Å²) in [7, 11) is 0. The molecule has 4 aliphatic rings. The Balaban J connectivity index is 0.000000260. The molecule has 4 fully saturated rings. The number of primary amides is 4. The summed E-state index contributed by atoms with van der Waals surface area (Å²) >= 11 is 0. The number of aliphatic hydroxyl groups is 4. The number of nitrogens with one attached hydrogen (secondary N) is 8. The van der Waals surface area contributed by atoms with Gasteiger partial charge in [0, 0.05) is 90.3 Å². The van der Waals surface area contributed by atoms with E-state index >= 15 is 0 Å². The quantitative estimate of drug-likeness (QED) is 0.0537. The Labute approximate surface area is 566 Å². The maximum absolute atomic E-state index is 11.7. The zero-order valence-corrected chi connectivity index (χ0v) is 54.6. The highest BCUT2D eigenvalue weighted by Crippen LogP contribution is 2.32. The smallest absolute Gasteiger partial charge is 0.254 e. The van der Waals surface area contributed by atoms with Crippen molar-refractivity contribution in [2.45, 2.75) is 258 Å². The predicted octanol–water partition coefficient (Wildman–Crippen LogP) is 6.99. The zero-order chi connectivity index (χ0) is 83.4. The number of rotatable bonds is 16. The van der Waals surface area contributed by atoms with Crippen molar-refractivity contribution >= 4 is 70.7 Å². The van der Waals surface area contributed by atoms with E-state index in [4.69, 9.17) is 46.2 Å². The number of hydrogen-bond donors (Lipinski definition) is 16. The first-order chi connectivity index (χ1) is 49.2. The van der Waals surface area contributed by atoms with Crippen molar-refractivity contribution in [2.75, 3.05) is 42.5 Å². The second kappa shape index (κ2) is 32.3. The van der Waals surface area contributed by atoms with E-state index in [0.29, 0.717) is 24.7 Å². The Hall–Kier alpha value is -7.56. The van der Waals surface area contributed by atoms with Crippen LogP contribution in [0.15, 0.2) is 24.8 Å². The van der Waals surface area contributed by atoms with Crippen LogP contribution >= 0.6 is 0 Å². The summed E-state index contributed by atoms with van der Waals surface area (Å²) in [6, 6.07) is -3.68. The van der Waals surface area contributed by atoms with Crippen LogP contribution in [-0.4, -0.2) is 155 Å². The standard InChI is InChI=1S/4C16H27N5O2/c4*1-9-5-6-10(7-12(9)22)19-14-11(13(17)23)8-18-15(20-14)21-16(2,3)4/h4*8-10,12,22H,5-7H2,1-4H3,(H2,17,23)(H2,18,19,20,21)/i1D3,9D,10D;1D3,12D;1D3,10D;1D3,9D. The van der Waals surface area contributed by atoms with E-state index in [0.717, 1.165) is 0 Å². The molecule has 0 aliphatic heterocycles. The molecule has 92 heavy (non-hydrogen) atoms. The molecule has 512 valence electrons. The molecule has 28 heteroatoms. The van der Waals surface area contributed by atoms with Crippen LogP contribution in [0.1, 0.15) is 252 Å². The predicted molar refractivity (Wildman–Crippen MR) is 361 cm³/mol. The van der Waals surface area contributed by atoms with Crippen LogP contribution in [0, 0.1) is 23.6 Å². The van der Waals surface area contributed by atoms with Crippen molar-refractivity contribution in [1.82, 2.24) is 39.9 Å². The van der Waals surface area contributed by atoms with Gasteiger partial charge in [-0.1, -0.05) is 27.4 Å². The summed E-state index contributed by atoms with van der Waals surface area (Å²) in [5.74, 6) is -7.30. The van der Waals surface area contributed by atoms with Crippen molar-refractivity contribution < 1.29 is 62.9 Å². The van der Waals surface area contributed by atoms with E-state index < -0.39 is 117 Å². The number of amides is 4. The van der Waals surface area contributed by atoms with Gasteiger partial charge in [-0.05, 0) is 184 Å². The van der Waals surface area contributed by atoms with Crippen LogP contribution in [0.5, 0.6) is 0 Å². The second-order valence-corrected chi connectivity index (χ2v) is 27.2. The van der Waals surface area contributed by atoms with Crippen molar-refractivity contribution in [2.24, 2.45) is 46.6 Å². The minimum absolute atomic E-state index is 0.00752. The summed E-state index contributed by atoms with van der Waals surface area (Å²) < 4.78 is 132. The molecule has 28 nitrogen and oxygen atoms in total. The van der Waals surface area contributed by atoms with E-state index in [1.165, 1.54) is 24.8 Å². The topological polar surface area (TPSA) is 453 Å². The average Bonchev–Trinajstić information content (AvgIpc) is 0.751. The van der Waals surface area contributed by atoms with Gasteiger partial charge in [-0.15, -0.1) is 0 Å². The zero-order valence-electron chi connectivity index (χ0n) is 71.6. The fraction of sp³-hybridized carbons (Fsp3) is 0.688. The van der Waals surface area contributed by atoms with Crippen molar-refractivity contribution in [1.29, 1.82) is 0 Å². The normalized spacial score (nSPS) is 32.3. The Kier molecular flexibility index (Phi) is 18.6. The molecule has 4 aromatic heterocycles. The molecule has 20 N–H and O–H groups in total. The second-order valence-electron chi connectivity index (χ2n) is 27.2. The maximum atomic E-state index is 11.7. The van der Waals surface area contributed by atoms with Gasteiger partial charge in [0.2, 0.25) is 23.8 Å². The largest absolute Gasteiger partial charge is 0.393 e. The fourth-order valence-electron chi connectivity index (χ4n) is 9.43. The minimum Gasteiger partial charge on any atom is -0.393 e. The summed E-state index contributed by atoms with van der Waals surface area (Å²) in [5, 5.41) is 65.2. The first-order valence-electron chi connectivity index (χ1n) is 38.8. The van der Waals surface area contributed by atoms with Crippen molar-refractivity contribution in [3.05, 3.63) is 47.0 Å². The molecule has 0 radical (unpaired) electrons. The first-order valence-corrected chi connectivity index (χ1v) is 30.3. The van der Waals surface area contributed by atoms with E-state index in [-0.39, 0.29) is 150 Å². The lowest BCUT2D eigenvalue weighted by Crippen LogP contribution is -2.36. The van der Waals surface area contributed by atoms with Gasteiger partial charge in [0.1, 0.15) is 23.3 Å². The van der Waals surface area contributed by atoms with Crippen LogP contribution in [-0.2, 0) is 0 Å². The highest BCUT2D eigenvalue weighted by atomic mass is 16.3. The summed E-state index contributed by atoms with van der Waals surface area (Å²) in [4.78, 5) is 80.2. The van der Waals surface area contributed by atoms with Gasteiger partial charge in [-0.2, -0.15) is 19.9 Å². The van der Waals surface area contributed by atoms with E-state index in [1.807, 2.05) is 83.1 Å². The molecular weight excluding hydrogens is 1180 g/mol. The molecule has 4 saturated carbocycles. The average molecular weight is 1300 g/mol. The Bertz CT molecular complexity index is 3840. The van der Waals surface area contributed by atoms with Gasteiger partial charge in [0.05, 0.1) is 50.8 Å². The SMILES string of the molecule is [2H]C([2H])([2H])C1([2H])CCC(Nc2nc(NC(C)(C)C)ncc2C(N)=O)CC1O.[2H]C([2H])([2H])C1CCC(Nc2nc(NC(C)(C)C)ncc2C(N)=O)CC1([2H])O.[2H]C1(Nc2nc(NC(C)(C)C)ncc2C(N)=O)CCC(C([2H])([2H])[2H])C(O)C1.[2H]C1(Nc2nc(NC(C)(C)C)ncc2C(N)=O)CCC([2H])(C([2H])([2H])[2H])C(O)C1. The van der Waals surface area contributed by atoms with Gasteiger partial charge in [-0.3, -0.25) is 19.2 Å². The molecular formula is C64H108N20O8. The number of carbonyl (C=O) groups excluding carboxylic acids is 4. The van der Waals surface area contributed by atoms with E-state index in [9.17, 15) is 39.6 Å². The molecule has 0 aromatic carbocycles. The van der Waals surface area contributed by atoms with Crippen LogP contribution in [0.3, 0.4) is 0 Å². The number of anilines is 8. The highest BCUT2D eigenvalue weighted by Gasteiger charge is 2.32. The monoisotopic (exact) mass is 1300 g/mol. The van der Waals surface area contributed by atoms with Gasteiger partial charge >= 0.3 is 0 Å². The Morgan fingerprint density at radius 3 is 1.02 bits per heavy atom. The third-order valence-corrected chi connectivity index (χ3v) is 14.0. The molecule has 4 aliphatic carbocycles. The first kappa shape index (κ1) is 52.9. The number of aliphatic hydroxyl groups excluding tert-OH is 3. The highest BCUT2D eigenvalue weighted by molar-refractivity contribution is 5.99. The van der Waals surface area contributed by atoms with Crippen molar-refractivity contribution in [3.8, 4) is 0 Å². The van der Waals surface area contributed by atoms with Gasteiger partial charge in [0.25, 0.3) is 23.6 Å². The third-order valence-electron chi connectivity index (χ3n) is 14.0. The Morgan fingerprint density at radius 1 is 0.413 bits per heavy atom. The van der Waals surface area contributed by atoms with Crippen LogP contribution in [0.2, 0.25) is 0 Å². The van der Waals surface area contributed by atoms with Gasteiger partial charge < -0.3 is 85.9 Å². The molecule has 0 saturated heterocycles. The number of carbonyl (C=O) groups is 4. The Morgan fingerprint density at radius 2 is 0.717 bits per heavy atom. The third kappa shape index (κ3) is 24.8. The molecule has 4 amide bonds. The lowest BCUT2D eigenvalue weighted by molar-refractivity contribution is 0.0737. The molecule has 12 unspecified atom stereocenters. The lowest BCUT2D eigenvalue weighted by Gasteiger charge is -2.32. The van der Waals surface area contributed by atoms with E-state index in [2.05, 4.69) is 82.4 Å². The van der Waals surface area contributed by atoms with Crippen molar-refractivity contribution in [3.63, 3.8) is 0 Å². The van der Waals surface area contributed by atoms with Crippen LogP contribution in [0.25, 0.3) is 0 Å². The van der Waals surface area contributed by atoms with Crippen LogP contribution in [0.4, 0.5) is 47.1 Å². The number of nitrogens with two attached hydrogens (primary N) is 4. The lowest BCUT2D eigenvalue weighted by atomic mass is 9.85. The van der Waals surface area contributed by atoms with Gasteiger partial charge in [0.15, 0.2) is 0 Å². The summed E-state index contributed by atoms with van der Waals surface area (Å²) in [5.41, 5.74) is 20.4. The molecule has 0 bridgehead atoms. The maximum Gasteiger partial charge on any atom is 0.254 e. The minimum atomic E-state index is -2.68.